The lowest BCUT2D eigenvalue weighted by molar-refractivity contribution is -0.385. The number of benzene rings is 2. The molecule has 3 atom stereocenters. The summed E-state index contributed by atoms with van der Waals surface area (Å²) in [5, 5.41) is 15.0. The van der Waals surface area contributed by atoms with Gasteiger partial charge < -0.3 is 5.32 Å². The van der Waals surface area contributed by atoms with Gasteiger partial charge in [0.05, 0.1) is 16.5 Å². The minimum absolute atomic E-state index is 0.0369. The van der Waals surface area contributed by atoms with Crippen LogP contribution in [0.3, 0.4) is 0 Å². The van der Waals surface area contributed by atoms with Crippen molar-refractivity contribution in [2.24, 2.45) is 5.92 Å². The third kappa shape index (κ3) is 2.13. The van der Waals surface area contributed by atoms with Gasteiger partial charge in [-0.3, -0.25) is 10.1 Å². The van der Waals surface area contributed by atoms with Crippen LogP contribution in [0.4, 0.5) is 11.4 Å². The standard InChI is InChI=1S/C19H18N2O2/c1-12-6-4-9-14-13-8-5-10-15(13)19(20-18(12)14)16-7-2-3-11-17(16)21(22)23/h2-9,11,13,15,19-20H,10H2,1H3/t13-,15+,19-/m0/s1. The molecule has 0 amide bonds. The van der Waals surface area contributed by atoms with Crippen LogP contribution in [0, 0.1) is 23.0 Å². The summed E-state index contributed by atoms with van der Waals surface area (Å²) in [6.07, 6.45) is 5.41. The van der Waals surface area contributed by atoms with Crippen LogP contribution in [-0.2, 0) is 0 Å². The van der Waals surface area contributed by atoms with Gasteiger partial charge in [-0.1, -0.05) is 48.6 Å². The van der Waals surface area contributed by atoms with Crippen LogP contribution < -0.4 is 5.32 Å². The number of fused-ring (bicyclic) bond motifs is 3. The molecule has 23 heavy (non-hydrogen) atoms. The van der Waals surface area contributed by atoms with Gasteiger partial charge in [-0.15, -0.1) is 0 Å². The van der Waals surface area contributed by atoms with Crippen molar-refractivity contribution < 1.29 is 4.92 Å². The Morgan fingerprint density at radius 1 is 1.13 bits per heavy atom. The summed E-state index contributed by atoms with van der Waals surface area (Å²) < 4.78 is 0. The van der Waals surface area contributed by atoms with Gasteiger partial charge in [-0.05, 0) is 30.4 Å². The Bertz CT molecular complexity index is 813. The Balaban J connectivity index is 1.86. The van der Waals surface area contributed by atoms with Gasteiger partial charge in [-0.25, -0.2) is 0 Å². The first-order valence-electron chi connectivity index (χ1n) is 7.93. The molecule has 0 radical (unpaired) electrons. The van der Waals surface area contributed by atoms with Crippen LogP contribution in [0.15, 0.2) is 54.6 Å². The van der Waals surface area contributed by atoms with Crippen molar-refractivity contribution >= 4 is 11.4 Å². The minimum Gasteiger partial charge on any atom is -0.377 e. The van der Waals surface area contributed by atoms with Crippen LogP contribution in [0.1, 0.15) is 35.1 Å². The van der Waals surface area contributed by atoms with Gasteiger partial charge in [0.25, 0.3) is 5.69 Å². The summed E-state index contributed by atoms with van der Waals surface area (Å²) in [5.41, 5.74) is 4.60. The Hall–Kier alpha value is -2.62. The van der Waals surface area contributed by atoms with E-state index < -0.39 is 0 Å². The second-order valence-corrected chi connectivity index (χ2v) is 6.33. The maximum Gasteiger partial charge on any atom is 0.274 e. The van der Waals surface area contributed by atoms with Crippen LogP contribution in [0.25, 0.3) is 0 Å². The maximum atomic E-state index is 11.4. The van der Waals surface area contributed by atoms with Crippen molar-refractivity contribution in [3.05, 3.63) is 81.4 Å². The number of rotatable bonds is 2. The Morgan fingerprint density at radius 2 is 1.91 bits per heavy atom. The molecule has 2 aromatic carbocycles. The van der Waals surface area contributed by atoms with E-state index in [0.29, 0.717) is 11.8 Å². The smallest absolute Gasteiger partial charge is 0.274 e. The zero-order valence-corrected chi connectivity index (χ0v) is 12.9. The van der Waals surface area contributed by atoms with Crippen LogP contribution in [-0.4, -0.2) is 4.92 Å². The topological polar surface area (TPSA) is 55.2 Å². The predicted octanol–water partition coefficient (Wildman–Crippen LogP) is 4.73. The average molecular weight is 306 g/mol. The van der Waals surface area contributed by atoms with E-state index in [0.717, 1.165) is 17.7 Å². The number of nitro groups is 1. The van der Waals surface area contributed by atoms with E-state index in [2.05, 4.69) is 42.6 Å². The summed E-state index contributed by atoms with van der Waals surface area (Å²) in [5.74, 6) is 0.654. The summed E-state index contributed by atoms with van der Waals surface area (Å²) >= 11 is 0. The maximum absolute atomic E-state index is 11.4. The van der Waals surface area contributed by atoms with E-state index in [1.165, 1.54) is 11.1 Å². The van der Waals surface area contributed by atoms with Crippen LogP contribution in [0.5, 0.6) is 0 Å². The third-order valence-corrected chi connectivity index (χ3v) is 5.07. The molecule has 1 N–H and O–H groups in total. The zero-order valence-electron chi connectivity index (χ0n) is 12.9. The number of nitrogens with one attached hydrogen (secondary N) is 1. The molecular weight excluding hydrogens is 288 g/mol. The molecule has 2 aromatic rings. The van der Waals surface area contributed by atoms with Gasteiger partial charge in [0, 0.05) is 17.7 Å². The number of hydrogen-bond donors (Lipinski definition) is 1. The quantitative estimate of drug-likeness (QED) is 0.496. The molecule has 0 aromatic heterocycles. The number of nitrogens with zero attached hydrogens (tertiary/aromatic N) is 1. The number of para-hydroxylation sites is 2. The highest BCUT2D eigenvalue weighted by atomic mass is 16.6. The van der Waals surface area contributed by atoms with Gasteiger partial charge in [-0.2, -0.15) is 0 Å². The second kappa shape index (κ2) is 5.23. The lowest BCUT2D eigenvalue weighted by Gasteiger charge is -2.38. The highest BCUT2D eigenvalue weighted by Crippen LogP contribution is 2.51. The van der Waals surface area contributed by atoms with E-state index in [1.54, 1.807) is 12.1 Å². The molecule has 0 unspecified atom stereocenters. The fourth-order valence-electron chi connectivity index (χ4n) is 4.00. The first-order valence-corrected chi connectivity index (χ1v) is 7.93. The van der Waals surface area contributed by atoms with E-state index in [4.69, 9.17) is 0 Å². The number of aryl methyl sites for hydroxylation is 1. The normalized spacial score (nSPS) is 24.7. The molecular formula is C19H18N2O2. The van der Waals surface area contributed by atoms with E-state index in [-0.39, 0.29) is 16.7 Å². The largest absolute Gasteiger partial charge is 0.377 e. The van der Waals surface area contributed by atoms with Crippen molar-refractivity contribution in [1.29, 1.82) is 0 Å². The molecule has 0 saturated heterocycles. The van der Waals surface area contributed by atoms with Gasteiger partial charge >= 0.3 is 0 Å². The van der Waals surface area contributed by atoms with Crippen LogP contribution in [0.2, 0.25) is 0 Å². The van der Waals surface area contributed by atoms with Gasteiger partial charge in [0.1, 0.15) is 0 Å². The van der Waals surface area contributed by atoms with Crippen molar-refractivity contribution in [3.8, 4) is 0 Å². The number of allylic oxidation sites excluding steroid dienone is 2. The summed E-state index contributed by atoms with van der Waals surface area (Å²) in [7, 11) is 0. The monoisotopic (exact) mass is 306 g/mol. The molecule has 0 saturated carbocycles. The van der Waals surface area contributed by atoms with Crippen molar-refractivity contribution in [3.63, 3.8) is 0 Å². The number of hydrogen-bond acceptors (Lipinski definition) is 3. The van der Waals surface area contributed by atoms with E-state index in [9.17, 15) is 10.1 Å². The molecule has 116 valence electrons. The Labute approximate surface area is 135 Å². The Kier molecular flexibility index (Phi) is 3.18. The first kappa shape index (κ1) is 14.0. The molecule has 4 rings (SSSR count). The molecule has 0 spiro atoms. The molecule has 2 aliphatic rings. The lowest BCUT2D eigenvalue weighted by Crippen LogP contribution is -2.30. The van der Waals surface area contributed by atoms with Gasteiger partial charge in [0.2, 0.25) is 0 Å². The SMILES string of the molecule is Cc1cccc2c1N[C@H](c1ccccc1[N+](=O)[O-])[C@@H]1CC=C[C@@H]21. The molecule has 1 aliphatic carbocycles. The lowest BCUT2D eigenvalue weighted by atomic mass is 9.76. The Morgan fingerprint density at radius 3 is 2.74 bits per heavy atom. The van der Waals surface area contributed by atoms with Gasteiger partial charge in [0.15, 0.2) is 0 Å². The summed E-state index contributed by atoms with van der Waals surface area (Å²) in [6, 6.07) is 13.4. The summed E-state index contributed by atoms with van der Waals surface area (Å²) in [6.45, 7) is 2.08. The second-order valence-electron chi connectivity index (χ2n) is 6.33. The first-order chi connectivity index (χ1) is 11.2. The summed E-state index contributed by atoms with van der Waals surface area (Å²) in [4.78, 5) is 11.2. The number of anilines is 1. The highest BCUT2D eigenvalue weighted by molar-refractivity contribution is 5.65. The minimum atomic E-state index is -0.276. The third-order valence-electron chi connectivity index (χ3n) is 5.07. The molecule has 1 aliphatic heterocycles. The molecule has 0 fully saturated rings. The van der Waals surface area contributed by atoms with Crippen molar-refractivity contribution in [2.75, 3.05) is 5.32 Å². The number of nitro benzene ring substituents is 1. The predicted molar refractivity (Wildman–Crippen MR) is 90.6 cm³/mol. The van der Waals surface area contributed by atoms with Crippen molar-refractivity contribution in [2.45, 2.75) is 25.3 Å². The average Bonchev–Trinajstić information content (AvgIpc) is 3.04. The molecule has 1 heterocycles. The van der Waals surface area contributed by atoms with E-state index in [1.807, 2.05) is 12.1 Å². The highest BCUT2D eigenvalue weighted by Gasteiger charge is 2.40. The van der Waals surface area contributed by atoms with Crippen molar-refractivity contribution in [1.82, 2.24) is 0 Å². The van der Waals surface area contributed by atoms with Crippen LogP contribution >= 0.6 is 0 Å². The molecule has 4 nitrogen and oxygen atoms in total. The van der Waals surface area contributed by atoms with E-state index >= 15 is 0 Å². The molecule has 4 heteroatoms. The zero-order chi connectivity index (χ0) is 16.0. The molecule has 0 bridgehead atoms. The fourth-order valence-corrected chi connectivity index (χ4v) is 4.00. The fraction of sp³-hybridized carbons (Fsp3) is 0.263.